The molecule has 2 heteroatoms. The predicted octanol–water partition coefficient (Wildman–Crippen LogP) is 3.45. The summed E-state index contributed by atoms with van der Waals surface area (Å²) < 4.78 is 0. The summed E-state index contributed by atoms with van der Waals surface area (Å²) in [6.07, 6.45) is 8.53. The zero-order chi connectivity index (χ0) is 12.4. The fraction of sp³-hybridized carbons (Fsp3) is 0.625. The maximum atomic E-state index is 9.26. The second kappa shape index (κ2) is 5.31. The first kappa shape index (κ1) is 12.0. The number of nitrogens with one attached hydrogen (secondary N) is 1. The van der Waals surface area contributed by atoms with Crippen LogP contribution in [-0.4, -0.2) is 11.1 Å². The van der Waals surface area contributed by atoms with Crippen LogP contribution in [0.1, 0.15) is 44.1 Å². The van der Waals surface area contributed by atoms with Gasteiger partial charge in [0.15, 0.2) is 0 Å². The average molecular weight is 245 g/mol. The van der Waals surface area contributed by atoms with Crippen LogP contribution in [0.25, 0.3) is 0 Å². The van der Waals surface area contributed by atoms with Crippen molar-refractivity contribution in [3.63, 3.8) is 0 Å². The van der Waals surface area contributed by atoms with Crippen molar-refractivity contribution in [3.05, 3.63) is 29.8 Å². The van der Waals surface area contributed by atoms with Gasteiger partial charge in [0.05, 0.1) is 0 Å². The molecule has 0 aliphatic heterocycles. The number of aromatic hydroxyl groups is 1. The van der Waals surface area contributed by atoms with Crippen LogP contribution in [0.4, 0.5) is 0 Å². The summed E-state index contributed by atoms with van der Waals surface area (Å²) in [5.41, 5.74) is 1.27. The Balaban J connectivity index is 1.48. The molecule has 98 valence electrons. The van der Waals surface area contributed by atoms with Crippen molar-refractivity contribution in [2.75, 3.05) is 0 Å². The molecule has 1 aromatic rings. The molecule has 2 atom stereocenters. The van der Waals surface area contributed by atoms with Crippen LogP contribution in [0.2, 0.25) is 0 Å². The summed E-state index contributed by atoms with van der Waals surface area (Å²) in [6.45, 7) is 0.933. The first-order chi connectivity index (χ1) is 8.81. The van der Waals surface area contributed by atoms with Crippen molar-refractivity contribution in [1.29, 1.82) is 0 Å². The topological polar surface area (TPSA) is 32.3 Å². The van der Waals surface area contributed by atoms with Crippen LogP contribution >= 0.6 is 0 Å². The number of rotatable bonds is 4. The Bertz CT molecular complexity index is 383. The number of hydrogen-bond donors (Lipinski definition) is 2. The van der Waals surface area contributed by atoms with Gasteiger partial charge in [-0.3, -0.25) is 0 Å². The third kappa shape index (κ3) is 3.05. The van der Waals surface area contributed by atoms with E-state index >= 15 is 0 Å². The van der Waals surface area contributed by atoms with E-state index in [2.05, 4.69) is 5.32 Å². The Morgan fingerprint density at radius 2 is 1.78 bits per heavy atom. The number of phenolic OH excluding ortho intramolecular Hbond substituents is 1. The molecule has 0 heterocycles. The van der Waals surface area contributed by atoms with E-state index in [1.807, 2.05) is 12.1 Å². The highest BCUT2D eigenvalue weighted by Crippen LogP contribution is 2.43. The van der Waals surface area contributed by atoms with Crippen LogP contribution < -0.4 is 5.32 Å². The fourth-order valence-corrected chi connectivity index (χ4v) is 3.28. The van der Waals surface area contributed by atoms with Gasteiger partial charge < -0.3 is 10.4 Å². The lowest BCUT2D eigenvalue weighted by Gasteiger charge is -2.30. The van der Waals surface area contributed by atoms with Gasteiger partial charge >= 0.3 is 0 Å². The van der Waals surface area contributed by atoms with Crippen LogP contribution in [0, 0.1) is 11.8 Å². The highest BCUT2D eigenvalue weighted by Gasteiger charge is 2.34. The van der Waals surface area contributed by atoms with Crippen molar-refractivity contribution in [3.8, 4) is 5.75 Å². The van der Waals surface area contributed by atoms with Gasteiger partial charge in [0.2, 0.25) is 0 Å². The summed E-state index contributed by atoms with van der Waals surface area (Å²) in [7, 11) is 0. The van der Waals surface area contributed by atoms with Crippen molar-refractivity contribution < 1.29 is 5.11 Å². The lowest BCUT2D eigenvalue weighted by molar-refractivity contribution is 0.260. The largest absolute Gasteiger partial charge is 0.508 e. The minimum absolute atomic E-state index is 0.352. The molecule has 18 heavy (non-hydrogen) atoms. The lowest BCUT2D eigenvalue weighted by Crippen LogP contribution is -2.34. The van der Waals surface area contributed by atoms with E-state index in [0.717, 1.165) is 18.4 Å². The van der Waals surface area contributed by atoms with Gasteiger partial charge in [-0.25, -0.2) is 0 Å². The van der Waals surface area contributed by atoms with Crippen LogP contribution in [0.5, 0.6) is 5.75 Å². The second-order valence-electron chi connectivity index (χ2n) is 6.01. The standard InChI is InChI=1S/C16H23NO/c18-16-8-4-12(5-9-16)11-17-15-3-1-2-14(10-15)13-6-7-13/h4-5,8-9,13-15,17-18H,1-3,6-7,10-11H2. The molecule has 2 N–H and O–H groups in total. The van der Waals surface area contributed by atoms with E-state index in [1.165, 1.54) is 44.1 Å². The van der Waals surface area contributed by atoms with E-state index in [0.29, 0.717) is 11.8 Å². The maximum absolute atomic E-state index is 9.26. The summed E-state index contributed by atoms with van der Waals surface area (Å²) in [5, 5.41) is 12.9. The molecule has 0 saturated heterocycles. The van der Waals surface area contributed by atoms with Crippen molar-refractivity contribution >= 4 is 0 Å². The van der Waals surface area contributed by atoms with Crippen molar-refractivity contribution in [2.45, 2.75) is 51.1 Å². The van der Waals surface area contributed by atoms with E-state index in [1.54, 1.807) is 12.1 Å². The van der Waals surface area contributed by atoms with Gasteiger partial charge in [-0.15, -0.1) is 0 Å². The van der Waals surface area contributed by atoms with Crippen LogP contribution in [0.15, 0.2) is 24.3 Å². The van der Waals surface area contributed by atoms with Gasteiger partial charge in [-0.05, 0) is 55.2 Å². The first-order valence-electron chi connectivity index (χ1n) is 7.32. The monoisotopic (exact) mass is 245 g/mol. The molecule has 0 aromatic heterocycles. The van der Waals surface area contributed by atoms with Gasteiger partial charge in [0, 0.05) is 12.6 Å². The highest BCUT2D eigenvalue weighted by molar-refractivity contribution is 5.25. The van der Waals surface area contributed by atoms with Crippen molar-refractivity contribution in [2.24, 2.45) is 11.8 Å². The van der Waals surface area contributed by atoms with Crippen molar-refractivity contribution in [1.82, 2.24) is 5.32 Å². The molecule has 2 unspecified atom stereocenters. The Labute approximate surface area is 109 Å². The number of hydrogen-bond acceptors (Lipinski definition) is 2. The molecule has 2 aliphatic carbocycles. The predicted molar refractivity (Wildman–Crippen MR) is 73.4 cm³/mol. The summed E-state index contributed by atoms with van der Waals surface area (Å²) in [4.78, 5) is 0. The molecule has 0 bridgehead atoms. The maximum Gasteiger partial charge on any atom is 0.115 e. The van der Waals surface area contributed by atoms with Crippen LogP contribution in [0.3, 0.4) is 0 Å². The summed E-state index contributed by atoms with van der Waals surface area (Å²) in [5.74, 6) is 2.41. The third-order valence-corrected chi connectivity index (χ3v) is 4.53. The quantitative estimate of drug-likeness (QED) is 0.851. The Hall–Kier alpha value is -1.02. The van der Waals surface area contributed by atoms with Gasteiger partial charge in [0.25, 0.3) is 0 Å². The average Bonchev–Trinajstić information content (AvgIpc) is 3.23. The summed E-state index contributed by atoms with van der Waals surface area (Å²) in [6, 6.07) is 8.25. The zero-order valence-corrected chi connectivity index (χ0v) is 10.9. The van der Waals surface area contributed by atoms with Gasteiger partial charge in [-0.2, -0.15) is 0 Å². The molecule has 0 radical (unpaired) electrons. The molecular weight excluding hydrogens is 222 g/mol. The Kier molecular flexibility index (Phi) is 3.55. The lowest BCUT2D eigenvalue weighted by atomic mass is 9.82. The molecule has 2 fully saturated rings. The minimum Gasteiger partial charge on any atom is -0.508 e. The molecule has 2 aliphatic rings. The smallest absolute Gasteiger partial charge is 0.115 e. The Morgan fingerprint density at radius 1 is 1.00 bits per heavy atom. The van der Waals surface area contributed by atoms with Gasteiger partial charge in [-0.1, -0.05) is 25.0 Å². The van der Waals surface area contributed by atoms with Gasteiger partial charge in [0.1, 0.15) is 5.75 Å². The molecule has 3 rings (SSSR count). The molecular formula is C16H23NO. The first-order valence-corrected chi connectivity index (χ1v) is 7.32. The van der Waals surface area contributed by atoms with E-state index < -0.39 is 0 Å². The van der Waals surface area contributed by atoms with Crippen LogP contribution in [-0.2, 0) is 6.54 Å². The van der Waals surface area contributed by atoms with E-state index in [4.69, 9.17) is 0 Å². The fourth-order valence-electron chi connectivity index (χ4n) is 3.28. The number of benzene rings is 1. The normalized spacial score (nSPS) is 28.2. The molecule has 2 nitrogen and oxygen atoms in total. The third-order valence-electron chi connectivity index (χ3n) is 4.53. The highest BCUT2D eigenvalue weighted by atomic mass is 16.3. The SMILES string of the molecule is Oc1ccc(CNC2CCCC(C3CC3)C2)cc1. The minimum atomic E-state index is 0.352. The molecule has 1 aromatic carbocycles. The van der Waals surface area contributed by atoms with E-state index in [-0.39, 0.29) is 0 Å². The zero-order valence-electron chi connectivity index (χ0n) is 10.9. The molecule has 0 amide bonds. The number of phenols is 1. The second-order valence-corrected chi connectivity index (χ2v) is 6.01. The summed E-state index contributed by atoms with van der Waals surface area (Å²) >= 11 is 0. The Morgan fingerprint density at radius 3 is 2.50 bits per heavy atom. The molecule has 0 spiro atoms. The van der Waals surface area contributed by atoms with E-state index in [9.17, 15) is 5.11 Å². The molecule has 2 saturated carbocycles.